The molecule has 7 heteroatoms. The predicted molar refractivity (Wildman–Crippen MR) is 155 cm³/mol. The lowest BCUT2D eigenvalue weighted by Crippen LogP contribution is -2.13. The fourth-order valence-corrected chi connectivity index (χ4v) is 5.13. The van der Waals surface area contributed by atoms with E-state index in [1.54, 1.807) is 14.2 Å². The molecule has 200 valence electrons. The molecule has 39 heavy (non-hydrogen) atoms. The Hall–Kier alpha value is -4.52. The fourth-order valence-electron chi connectivity index (χ4n) is 5.13. The molecule has 0 saturated heterocycles. The number of hydrogen-bond donors (Lipinski definition) is 1. The van der Waals surface area contributed by atoms with E-state index in [1.807, 2.05) is 61.0 Å². The van der Waals surface area contributed by atoms with Gasteiger partial charge in [-0.05, 0) is 74.7 Å². The molecule has 0 spiro atoms. The number of nitrogens with zero attached hydrogens (tertiary/aromatic N) is 3. The Labute approximate surface area is 229 Å². The van der Waals surface area contributed by atoms with Gasteiger partial charge >= 0.3 is 0 Å². The largest absolute Gasteiger partial charge is 0.493 e. The lowest BCUT2D eigenvalue weighted by atomic mass is 10.1. The number of aryl methyl sites for hydroxylation is 2. The molecule has 0 unspecified atom stereocenters. The normalized spacial score (nSPS) is 11.1. The van der Waals surface area contributed by atoms with Gasteiger partial charge in [0.05, 0.1) is 37.8 Å². The highest BCUT2D eigenvalue weighted by Crippen LogP contribution is 2.30. The van der Waals surface area contributed by atoms with Crippen LogP contribution in [0, 0.1) is 27.7 Å². The Kier molecular flexibility index (Phi) is 7.15. The van der Waals surface area contributed by atoms with Gasteiger partial charge in [0, 0.05) is 28.7 Å². The fraction of sp³-hybridized carbons (Fsp3) is 0.250. The lowest BCUT2D eigenvalue weighted by molar-refractivity contribution is 0.102. The maximum absolute atomic E-state index is 13.4. The number of anilines is 1. The number of nitrogens with one attached hydrogen (secondary N) is 1. The molecule has 0 aliphatic heterocycles. The molecule has 0 fully saturated rings. The van der Waals surface area contributed by atoms with Crippen LogP contribution in [0.5, 0.6) is 11.5 Å². The van der Waals surface area contributed by atoms with Gasteiger partial charge in [-0.15, -0.1) is 0 Å². The molecule has 0 bridgehead atoms. The summed E-state index contributed by atoms with van der Waals surface area (Å²) in [7, 11) is 3.24. The number of benzene rings is 3. The Bertz CT molecular complexity index is 1660. The van der Waals surface area contributed by atoms with Gasteiger partial charge in [0.2, 0.25) is 0 Å². The molecule has 2 aromatic heterocycles. The first-order valence-electron chi connectivity index (χ1n) is 13.0. The van der Waals surface area contributed by atoms with Gasteiger partial charge in [-0.2, -0.15) is 5.10 Å². The molecule has 5 rings (SSSR count). The van der Waals surface area contributed by atoms with Crippen molar-refractivity contribution in [2.45, 2.75) is 40.8 Å². The second kappa shape index (κ2) is 10.7. The number of hydrogen-bond acceptors (Lipinski definition) is 4. The monoisotopic (exact) mass is 522 g/mol. The molecule has 3 aromatic carbocycles. The number of ether oxygens (including phenoxy) is 2. The van der Waals surface area contributed by atoms with Crippen molar-refractivity contribution in [3.05, 3.63) is 106 Å². The third-order valence-corrected chi connectivity index (χ3v) is 7.48. The Morgan fingerprint density at radius 2 is 1.56 bits per heavy atom. The van der Waals surface area contributed by atoms with E-state index in [4.69, 9.17) is 14.6 Å². The van der Waals surface area contributed by atoms with Crippen molar-refractivity contribution in [3.63, 3.8) is 0 Å². The summed E-state index contributed by atoms with van der Waals surface area (Å²) in [5.41, 5.74) is 8.79. The number of aromatic nitrogens is 3. The average molecular weight is 523 g/mol. The minimum Gasteiger partial charge on any atom is -0.493 e. The standard InChI is InChI=1S/C32H34N4O3/c1-20-22(3)35(18-24-10-8-7-9-11-24)28-14-13-26(17-27(20)28)32(37)33-31-21(2)34-36(23(31)4)19-25-12-15-29(38-5)30(16-25)39-6/h7-17H,18-19H2,1-6H3,(H,33,37). The highest BCUT2D eigenvalue weighted by atomic mass is 16.5. The van der Waals surface area contributed by atoms with Crippen LogP contribution in [0.15, 0.2) is 66.7 Å². The lowest BCUT2D eigenvalue weighted by Gasteiger charge is -2.11. The molecular formula is C32H34N4O3. The molecule has 0 saturated carbocycles. The third kappa shape index (κ3) is 5.00. The maximum atomic E-state index is 13.4. The first-order chi connectivity index (χ1) is 18.8. The minimum atomic E-state index is -0.151. The van der Waals surface area contributed by atoms with Crippen molar-refractivity contribution in [1.82, 2.24) is 14.3 Å². The number of methoxy groups -OCH3 is 2. The molecule has 0 radical (unpaired) electrons. The third-order valence-electron chi connectivity index (χ3n) is 7.48. The van der Waals surface area contributed by atoms with E-state index in [2.05, 4.69) is 48.0 Å². The highest BCUT2D eigenvalue weighted by molar-refractivity contribution is 6.07. The second-order valence-electron chi connectivity index (χ2n) is 9.86. The van der Waals surface area contributed by atoms with E-state index in [9.17, 15) is 4.79 Å². The Morgan fingerprint density at radius 1 is 0.821 bits per heavy atom. The van der Waals surface area contributed by atoms with Gasteiger partial charge in [0.25, 0.3) is 5.91 Å². The Morgan fingerprint density at radius 3 is 2.28 bits per heavy atom. The molecule has 0 aliphatic rings. The van der Waals surface area contributed by atoms with Crippen molar-refractivity contribution < 1.29 is 14.3 Å². The van der Waals surface area contributed by atoms with Crippen LogP contribution in [0.25, 0.3) is 10.9 Å². The quantitative estimate of drug-likeness (QED) is 0.255. The van der Waals surface area contributed by atoms with Gasteiger partial charge in [0.1, 0.15) is 0 Å². The van der Waals surface area contributed by atoms with E-state index < -0.39 is 0 Å². The highest BCUT2D eigenvalue weighted by Gasteiger charge is 2.18. The van der Waals surface area contributed by atoms with Crippen LogP contribution in [-0.2, 0) is 13.1 Å². The van der Waals surface area contributed by atoms with Crippen molar-refractivity contribution in [2.75, 3.05) is 19.5 Å². The summed E-state index contributed by atoms with van der Waals surface area (Å²) in [5, 5.41) is 8.90. The van der Waals surface area contributed by atoms with Crippen molar-refractivity contribution in [3.8, 4) is 11.5 Å². The van der Waals surface area contributed by atoms with Crippen LogP contribution in [0.3, 0.4) is 0 Å². The summed E-state index contributed by atoms with van der Waals surface area (Å²) in [5.74, 6) is 1.20. The number of rotatable bonds is 8. The summed E-state index contributed by atoms with van der Waals surface area (Å²) in [4.78, 5) is 13.4. The van der Waals surface area contributed by atoms with Gasteiger partial charge in [-0.1, -0.05) is 36.4 Å². The zero-order valence-electron chi connectivity index (χ0n) is 23.3. The number of fused-ring (bicyclic) bond motifs is 1. The van der Waals surface area contributed by atoms with E-state index >= 15 is 0 Å². The van der Waals surface area contributed by atoms with Crippen molar-refractivity contribution in [2.24, 2.45) is 0 Å². The smallest absolute Gasteiger partial charge is 0.255 e. The maximum Gasteiger partial charge on any atom is 0.255 e. The minimum absolute atomic E-state index is 0.151. The first-order valence-corrected chi connectivity index (χ1v) is 13.0. The van der Waals surface area contributed by atoms with Crippen LogP contribution in [0.1, 0.15) is 44.1 Å². The molecule has 7 nitrogen and oxygen atoms in total. The zero-order valence-corrected chi connectivity index (χ0v) is 23.3. The number of amides is 1. The predicted octanol–water partition coefficient (Wildman–Crippen LogP) is 6.44. The van der Waals surface area contributed by atoms with E-state index in [1.165, 1.54) is 16.8 Å². The van der Waals surface area contributed by atoms with Gasteiger partial charge < -0.3 is 19.4 Å². The molecule has 1 amide bonds. The first kappa shape index (κ1) is 26.1. The molecule has 0 aliphatic carbocycles. The van der Waals surface area contributed by atoms with Gasteiger partial charge in [-0.25, -0.2) is 0 Å². The van der Waals surface area contributed by atoms with Crippen LogP contribution < -0.4 is 14.8 Å². The SMILES string of the molecule is COc1ccc(Cn2nc(C)c(NC(=O)c3ccc4c(c3)c(C)c(C)n4Cc3ccccc3)c2C)cc1OC. The summed E-state index contributed by atoms with van der Waals surface area (Å²) in [6.07, 6.45) is 0. The summed E-state index contributed by atoms with van der Waals surface area (Å²) in [6, 6.07) is 22.2. The number of carbonyl (C=O) groups is 1. The van der Waals surface area contributed by atoms with E-state index in [0.29, 0.717) is 23.6 Å². The van der Waals surface area contributed by atoms with Crippen molar-refractivity contribution in [1.29, 1.82) is 0 Å². The van der Waals surface area contributed by atoms with Gasteiger partial charge in [-0.3, -0.25) is 9.48 Å². The summed E-state index contributed by atoms with van der Waals surface area (Å²) < 4.78 is 15.0. The molecule has 5 aromatic rings. The Balaban J connectivity index is 1.39. The topological polar surface area (TPSA) is 70.3 Å². The summed E-state index contributed by atoms with van der Waals surface area (Å²) >= 11 is 0. The summed E-state index contributed by atoms with van der Waals surface area (Å²) in [6.45, 7) is 9.47. The second-order valence-corrected chi connectivity index (χ2v) is 9.86. The molecular weight excluding hydrogens is 488 g/mol. The number of carbonyl (C=O) groups excluding carboxylic acids is 1. The average Bonchev–Trinajstić information content (AvgIpc) is 3.35. The van der Waals surface area contributed by atoms with Crippen molar-refractivity contribution >= 4 is 22.5 Å². The molecule has 2 heterocycles. The molecule has 1 N–H and O–H groups in total. The van der Waals surface area contributed by atoms with Crippen LogP contribution >= 0.6 is 0 Å². The van der Waals surface area contributed by atoms with E-state index in [0.717, 1.165) is 40.1 Å². The van der Waals surface area contributed by atoms with Crippen LogP contribution in [0.2, 0.25) is 0 Å². The van der Waals surface area contributed by atoms with Gasteiger partial charge in [0.15, 0.2) is 11.5 Å². The zero-order chi connectivity index (χ0) is 27.7. The van der Waals surface area contributed by atoms with Crippen LogP contribution in [-0.4, -0.2) is 34.5 Å². The van der Waals surface area contributed by atoms with Crippen LogP contribution in [0.4, 0.5) is 5.69 Å². The van der Waals surface area contributed by atoms with E-state index in [-0.39, 0.29) is 5.91 Å². The molecule has 0 atom stereocenters.